The Balaban J connectivity index is 1.95. The van der Waals surface area contributed by atoms with Crippen LogP contribution in [0.4, 0.5) is 4.79 Å². The Bertz CT molecular complexity index is 489. The van der Waals surface area contributed by atoms with Gasteiger partial charge in [0.05, 0.1) is 0 Å². The minimum absolute atomic E-state index is 0.175. The number of hydrogen-bond acceptors (Lipinski definition) is 3. The number of aliphatic carboxylic acids is 1. The van der Waals surface area contributed by atoms with Gasteiger partial charge in [0.1, 0.15) is 6.04 Å². The summed E-state index contributed by atoms with van der Waals surface area (Å²) < 4.78 is 0. The van der Waals surface area contributed by atoms with Crippen LogP contribution in [0.2, 0.25) is 0 Å². The Morgan fingerprint density at radius 2 is 2.29 bits per heavy atom. The number of carbonyl (C=O) groups is 2. The molecule has 21 heavy (non-hydrogen) atoms. The third-order valence-corrected chi connectivity index (χ3v) is 4.93. The van der Waals surface area contributed by atoms with Gasteiger partial charge in [0.2, 0.25) is 0 Å². The van der Waals surface area contributed by atoms with Crippen LogP contribution < -0.4 is 0 Å². The summed E-state index contributed by atoms with van der Waals surface area (Å²) in [4.78, 5) is 28.2. The van der Waals surface area contributed by atoms with Crippen molar-refractivity contribution in [3.05, 3.63) is 22.4 Å². The Morgan fingerprint density at radius 1 is 1.52 bits per heavy atom. The SMILES string of the molecule is CC1CCN(C(=O)N(C)CCc2cccs2)C(C(=O)O)C1. The molecule has 0 aromatic carbocycles. The summed E-state index contributed by atoms with van der Waals surface area (Å²) in [6, 6.07) is 3.18. The highest BCUT2D eigenvalue weighted by molar-refractivity contribution is 7.09. The molecule has 1 saturated heterocycles. The number of piperidine rings is 1. The Labute approximate surface area is 129 Å². The van der Waals surface area contributed by atoms with Gasteiger partial charge in [-0.2, -0.15) is 0 Å². The number of carbonyl (C=O) groups excluding carboxylic acids is 1. The molecule has 0 radical (unpaired) electrons. The monoisotopic (exact) mass is 310 g/mol. The van der Waals surface area contributed by atoms with Crippen molar-refractivity contribution in [1.29, 1.82) is 0 Å². The highest BCUT2D eigenvalue weighted by Gasteiger charge is 2.35. The van der Waals surface area contributed by atoms with E-state index < -0.39 is 12.0 Å². The quantitative estimate of drug-likeness (QED) is 0.929. The van der Waals surface area contributed by atoms with Crippen LogP contribution in [0.15, 0.2) is 17.5 Å². The molecule has 5 nitrogen and oxygen atoms in total. The second-order valence-electron chi connectivity index (χ2n) is 5.71. The minimum atomic E-state index is -0.901. The number of rotatable bonds is 4. The fourth-order valence-electron chi connectivity index (χ4n) is 2.65. The summed E-state index contributed by atoms with van der Waals surface area (Å²) in [5, 5.41) is 11.3. The van der Waals surface area contributed by atoms with E-state index in [1.165, 1.54) is 9.78 Å². The van der Waals surface area contributed by atoms with E-state index in [2.05, 4.69) is 0 Å². The van der Waals surface area contributed by atoms with E-state index in [0.717, 1.165) is 12.8 Å². The zero-order chi connectivity index (χ0) is 15.4. The molecule has 6 heteroatoms. The van der Waals surface area contributed by atoms with Crippen molar-refractivity contribution in [1.82, 2.24) is 9.80 Å². The van der Waals surface area contributed by atoms with Gasteiger partial charge in [-0.05, 0) is 36.6 Å². The first-order valence-corrected chi connectivity index (χ1v) is 8.14. The first-order chi connectivity index (χ1) is 9.99. The number of likely N-dealkylation sites (tertiary alicyclic amines) is 1. The van der Waals surface area contributed by atoms with Crippen molar-refractivity contribution in [3.8, 4) is 0 Å². The van der Waals surface area contributed by atoms with Crippen molar-refractivity contribution in [2.45, 2.75) is 32.2 Å². The average molecular weight is 310 g/mol. The number of likely N-dealkylation sites (N-methyl/N-ethyl adjacent to an activating group) is 1. The fraction of sp³-hybridized carbons (Fsp3) is 0.600. The molecule has 2 unspecified atom stereocenters. The lowest BCUT2D eigenvalue weighted by atomic mass is 9.93. The minimum Gasteiger partial charge on any atom is -0.480 e. The third kappa shape index (κ3) is 3.97. The summed E-state index contributed by atoms with van der Waals surface area (Å²) in [5.74, 6) is -0.548. The molecule has 1 fully saturated rings. The first kappa shape index (κ1) is 15.8. The Kier molecular flexibility index (Phi) is 5.22. The normalized spacial score (nSPS) is 22.1. The van der Waals surface area contributed by atoms with E-state index in [9.17, 15) is 14.7 Å². The first-order valence-electron chi connectivity index (χ1n) is 7.26. The van der Waals surface area contributed by atoms with E-state index in [1.54, 1.807) is 23.3 Å². The van der Waals surface area contributed by atoms with Crippen LogP contribution in [0.5, 0.6) is 0 Å². The van der Waals surface area contributed by atoms with Crippen molar-refractivity contribution < 1.29 is 14.7 Å². The number of nitrogens with zero attached hydrogens (tertiary/aromatic N) is 2. The smallest absolute Gasteiger partial charge is 0.326 e. The molecule has 2 atom stereocenters. The molecular weight excluding hydrogens is 288 g/mol. The number of amides is 2. The van der Waals surface area contributed by atoms with E-state index in [0.29, 0.717) is 25.4 Å². The van der Waals surface area contributed by atoms with Crippen LogP contribution in [-0.4, -0.2) is 53.1 Å². The van der Waals surface area contributed by atoms with E-state index >= 15 is 0 Å². The van der Waals surface area contributed by atoms with Gasteiger partial charge < -0.3 is 14.9 Å². The fourth-order valence-corrected chi connectivity index (χ4v) is 3.35. The molecule has 2 rings (SSSR count). The number of hydrogen-bond donors (Lipinski definition) is 1. The van der Waals surface area contributed by atoms with Crippen LogP contribution in [0.3, 0.4) is 0 Å². The maximum absolute atomic E-state index is 12.5. The second-order valence-corrected chi connectivity index (χ2v) is 6.74. The van der Waals surface area contributed by atoms with Gasteiger partial charge in [0.25, 0.3) is 0 Å². The van der Waals surface area contributed by atoms with Gasteiger partial charge in [0.15, 0.2) is 0 Å². The van der Waals surface area contributed by atoms with Crippen LogP contribution in [0.25, 0.3) is 0 Å². The van der Waals surface area contributed by atoms with E-state index in [-0.39, 0.29) is 6.03 Å². The molecule has 0 aliphatic carbocycles. The van der Waals surface area contributed by atoms with Crippen molar-refractivity contribution >= 4 is 23.3 Å². The third-order valence-electron chi connectivity index (χ3n) is 4.00. The Morgan fingerprint density at radius 3 is 2.90 bits per heavy atom. The lowest BCUT2D eigenvalue weighted by Gasteiger charge is -2.38. The maximum Gasteiger partial charge on any atom is 0.326 e. The maximum atomic E-state index is 12.5. The highest BCUT2D eigenvalue weighted by atomic mass is 32.1. The Hall–Kier alpha value is -1.56. The molecule has 1 N–H and O–H groups in total. The van der Waals surface area contributed by atoms with Gasteiger partial charge >= 0.3 is 12.0 Å². The average Bonchev–Trinajstić information content (AvgIpc) is 2.97. The lowest BCUT2D eigenvalue weighted by Crippen LogP contribution is -2.53. The molecule has 1 aliphatic heterocycles. The largest absolute Gasteiger partial charge is 0.480 e. The van der Waals surface area contributed by atoms with Crippen molar-refractivity contribution in [3.63, 3.8) is 0 Å². The van der Waals surface area contributed by atoms with Crippen LogP contribution in [0, 0.1) is 5.92 Å². The molecule has 1 aliphatic rings. The van der Waals surface area contributed by atoms with Gasteiger partial charge in [-0.15, -0.1) is 11.3 Å². The number of urea groups is 1. The van der Waals surface area contributed by atoms with Crippen molar-refractivity contribution in [2.24, 2.45) is 5.92 Å². The molecule has 0 saturated carbocycles. The molecule has 2 amide bonds. The predicted molar refractivity (Wildman–Crippen MR) is 82.6 cm³/mol. The molecule has 116 valence electrons. The summed E-state index contributed by atoms with van der Waals surface area (Å²) in [6.07, 6.45) is 2.22. The highest BCUT2D eigenvalue weighted by Crippen LogP contribution is 2.23. The molecular formula is C15H22N2O3S. The summed E-state index contributed by atoms with van der Waals surface area (Å²) in [7, 11) is 1.74. The van der Waals surface area contributed by atoms with Gasteiger partial charge in [0, 0.05) is 25.0 Å². The van der Waals surface area contributed by atoms with E-state index in [1.807, 2.05) is 24.4 Å². The van der Waals surface area contributed by atoms with E-state index in [4.69, 9.17) is 0 Å². The van der Waals surface area contributed by atoms with Gasteiger partial charge in [-0.1, -0.05) is 13.0 Å². The molecule has 2 heterocycles. The van der Waals surface area contributed by atoms with Crippen molar-refractivity contribution in [2.75, 3.05) is 20.1 Å². The summed E-state index contributed by atoms with van der Waals surface area (Å²) >= 11 is 1.67. The molecule has 0 bridgehead atoms. The van der Waals surface area contributed by atoms with Gasteiger partial charge in [-0.25, -0.2) is 9.59 Å². The second kappa shape index (κ2) is 6.93. The van der Waals surface area contributed by atoms with Crippen LogP contribution in [-0.2, 0) is 11.2 Å². The number of carboxylic acids is 1. The summed E-state index contributed by atoms with van der Waals surface area (Å²) in [5.41, 5.74) is 0. The summed E-state index contributed by atoms with van der Waals surface area (Å²) in [6.45, 7) is 3.18. The molecule has 1 aromatic rings. The number of thiophene rings is 1. The standard InChI is InChI=1S/C15H22N2O3S/c1-11-5-8-17(13(10-11)14(18)19)15(20)16(2)7-6-12-4-3-9-21-12/h3-4,9,11,13H,5-8,10H2,1-2H3,(H,18,19). The zero-order valence-electron chi connectivity index (χ0n) is 12.5. The predicted octanol–water partition coefficient (Wildman–Crippen LogP) is 2.53. The molecule has 0 spiro atoms. The molecule has 1 aromatic heterocycles. The van der Waals surface area contributed by atoms with Gasteiger partial charge in [-0.3, -0.25) is 0 Å². The van der Waals surface area contributed by atoms with Crippen LogP contribution >= 0.6 is 11.3 Å². The lowest BCUT2D eigenvalue weighted by molar-refractivity contribution is -0.144. The topological polar surface area (TPSA) is 60.9 Å². The van der Waals surface area contributed by atoms with Crippen LogP contribution in [0.1, 0.15) is 24.6 Å². The number of carboxylic acid groups (broad SMARTS) is 1. The zero-order valence-corrected chi connectivity index (χ0v) is 13.3.